The fourth-order valence-electron chi connectivity index (χ4n) is 8.86. The number of para-hydroxylation sites is 3. The van der Waals surface area contributed by atoms with Crippen LogP contribution >= 0.6 is 0 Å². The molecule has 1 nitrogen and oxygen atoms in total. The third kappa shape index (κ3) is 3.03. The molecule has 1 unspecified atom stereocenters. The lowest BCUT2D eigenvalue weighted by Crippen LogP contribution is -2.44. The molecular weight excluding hydrogens is 542 g/mol. The Balaban J connectivity index is 1.37. The van der Waals surface area contributed by atoms with Crippen LogP contribution in [0.3, 0.4) is 0 Å². The first-order valence-electron chi connectivity index (χ1n) is 16.0. The molecule has 1 atom stereocenters. The van der Waals surface area contributed by atoms with Crippen molar-refractivity contribution in [2.24, 2.45) is 0 Å². The number of rotatable bonds is 1. The van der Waals surface area contributed by atoms with Crippen LogP contribution < -0.4 is 0 Å². The van der Waals surface area contributed by atoms with E-state index in [1.165, 1.54) is 82.8 Å². The highest BCUT2D eigenvalue weighted by Crippen LogP contribution is 2.60. The molecule has 0 saturated carbocycles. The van der Waals surface area contributed by atoms with Gasteiger partial charge in [-0.25, -0.2) is 0 Å². The smallest absolute Gasteiger partial charge is 0.0748 e. The van der Waals surface area contributed by atoms with Gasteiger partial charge in [0, 0.05) is 16.2 Å². The average Bonchev–Trinajstić information content (AvgIpc) is 3.44. The second kappa shape index (κ2) is 8.61. The molecule has 2 heterocycles. The van der Waals surface area contributed by atoms with Crippen LogP contribution in [0.4, 0.5) is 0 Å². The molecular formula is C44H31N. The molecule has 10 rings (SSSR count). The maximum atomic E-state index is 2.52. The van der Waals surface area contributed by atoms with Gasteiger partial charge in [-0.3, -0.25) is 0 Å². The molecule has 0 N–H and O–H groups in total. The zero-order valence-electron chi connectivity index (χ0n) is 25.4. The third-order valence-corrected chi connectivity index (χ3v) is 10.8. The summed E-state index contributed by atoms with van der Waals surface area (Å²) >= 11 is 0. The zero-order valence-corrected chi connectivity index (χ0v) is 25.4. The lowest BCUT2D eigenvalue weighted by Gasteiger charge is -2.50. The third-order valence-electron chi connectivity index (χ3n) is 10.8. The first-order chi connectivity index (χ1) is 22.1. The van der Waals surface area contributed by atoms with Gasteiger partial charge in [0.2, 0.25) is 0 Å². The normalized spacial score (nSPS) is 17.4. The van der Waals surface area contributed by atoms with Crippen molar-refractivity contribution in [1.29, 1.82) is 0 Å². The first-order valence-corrected chi connectivity index (χ1v) is 16.0. The molecule has 212 valence electrons. The number of hydrogen-bond acceptors (Lipinski definition) is 0. The number of nitrogens with zero attached hydrogens (tertiary/aromatic N) is 1. The van der Waals surface area contributed by atoms with Gasteiger partial charge in [0.1, 0.15) is 0 Å². The Hall–Kier alpha value is -5.40. The van der Waals surface area contributed by atoms with Gasteiger partial charge in [-0.2, -0.15) is 0 Å². The zero-order chi connectivity index (χ0) is 29.9. The van der Waals surface area contributed by atoms with Crippen molar-refractivity contribution < 1.29 is 0 Å². The highest BCUT2D eigenvalue weighted by atomic mass is 15.0. The average molecular weight is 574 g/mol. The number of fused-ring (bicyclic) bond motifs is 12. The molecule has 2 aliphatic rings. The highest BCUT2D eigenvalue weighted by Gasteiger charge is 2.52. The van der Waals surface area contributed by atoms with Gasteiger partial charge in [-0.1, -0.05) is 141 Å². The fourth-order valence-corrected chi connectivity index (χ4v) is 8.86. The predicted octanol–water partition coefficient (Wildman–Crippen LogP) is 10.9. The topological polar surface area (TPSA) is 4.93 Å². The maximum Gasteiger partial charge on any atom is 0.0748 e. The van der Waals surface area contributed by atoms with Crippen LogP contribution in [-0.4, -0.2) is 4.57 Å². The fraction of sp³-hybridized carbons (Fsp3) is 0.0909. The standard InChI is InChI=1S/C44H31N/c1-43(2)34-16-6-7-17-35(34)44(36-25-24-31(27-39(36)43)30-23-22-28-12-3-4-13-29(28)26-30)37-18-8-10-21-41(37)45-40-20-9-5-14-32(40)33-15-11-19-38(44)42(33)45/h3-27H,1-2H3. The van der Waals surface area contributed by atoms with Crippen LogP contribution in [0.25, 0.3) is 49.4 Å². The van der Waals surface area contributed by atoms with Crippen molar-refractivity contribution in [2.75, 3.05) is 0 Å². The molecule has 1 aliphatic heterocycles. The molecule has 1 aliphatic carbocycles. The Morgan fingerprint density at radius 1 is 0.422 bits per heavy atom. The summed E-state index contributed by atoms with van der Waals surface area (Å²) in [7, 11) is 0. The van der Waals surface area contributed by atoms with E-state index >= 15 is 0 Å². The van der Waals surface area contributed by atoms with Gasteiger partial charge < -0.3 is 4.57 Å². The van der Waals surface area contributed by atoms with E-state index in [4.69, 9.17) is 0 Å². The second-order valence-corrected chi connectivity index (χ2v) is 13.3. The minimum absolute atomic E-state index is 0.184. The van der Waals surface area contributed by atoms with Crippen molar-refractivity contribution in [3.63, 3.8) is 0 Å². The number of hydrogen-bond donors (Lipinski definition) is 0. The Morgan fingerprint density at radius 2 is 1.04 bits per heavy atom. The van der Waals surface area contributed by atoms with Crippen LogP contribution in [0.2, 0.25) is 0 Å². The van der Waals surface area contributed by atoms with E-state index in [0.29, 0.717) is 0 Å². The molecule has 1 aromatic heterocycles. The van der Waals surface area contributed by atoms with E-state index in [0.717, 1.165) is 0 Å². The molecule has 1 spiro atoms. The van der Waals surface area contributed by atoms with Crippen molar-refractivity contribution in [3.8, 4) is 16.8 Å². The summed E-state index contributed by atoms with van der Waals surface area (Å²) in [6, 6.07) is 57.0. The van der Waals surface area contributed by atoms with E-state index in [1.807, 2.05) is 0 Å². The second-order valence-electron chi connectivity index (χ2n) is 13.3. The molecule has 1 heteroatoms. The van der Waals surface area contributed by atoms with Gasteiger partial charge in [-0.15, -0.1) is 0 Å². The number of benzene rings is 7. The predicted molar refractivity (Wildman–Crippen MR) is 188 cm³/mol. The lowest BCUT2D eigenvalue weighted by atomic mass is 9.53. The minimum atomic E-state index is -0.455. The van der Waals surface area contributed by atoms with Gasteiger partial charge in [0.25, 0.3) is 0 Å². The molecule has 0 saturated heterocycles. The Labute approximate surface area is 263 Å². The summed E-state index contributed by atoms with van der Waals surface area (Å²) in [6.45, 7) is 4.82. The monoisotopic (exact) mass is 573 g/mol. The molecule has 7 aromatic carbocycles. The van der Waals surface area contributed by atoms with Crippen LogP contribution in [0.5, 0.6) is 0 Å². The molecule has 45 heavy (non-hydrogen) atoms. The summed E-state index contributed by atoms with van der Waals surface area (Å²) in [4.78, 5) is 0. The molecule has 0 fully saturated rings. The van der Waals surface area contributed by atoms with E-state index in [9.17, 15) is 0 Å². The van der Waals surface area contributed by atoms with Crippen LogP contribution in [-0.2, 0) is 10.8 Å². The minimum Gasteiger partial charge on any atom is -0.309 e. The quantitative estimate of drug-likeness (QED) is 0.184. The summed E-state index contributed by atoms with van der Waals surface area (Å²) in [6.07, 6.45) is 0. The van der Waals surface area contributed by atoms with E-state index < -0.39 is 5.41 Å². The van der Waals surface area contributed by atoms with Gasteiger partial charge >= 0.3 is 0 Å². The Kier molecular flexibility index (Phi) is 4.78. The van der Waals surface area contributed by atoms with Crippen LogP contribution in [0.15, 0.2) is 152 Å². The summed E-state index contributed by atoms with van der Waals surface area (Å²) in [5.41, 5.74) is 14.0. The van der Waals surface area contributed by atoms with Crippen molar-refractivity contribution in [1.82, 2.24) is 4.57 Å². The molecule has 8 aromatic rings. The van der Waals surface area contributed by atoms with Crippen LogP contribution in [0, 0.1) is 0 Å². The maximum absolute atomic E-state index is 2.52. The van der Waals surface area contributed by atoms with Crippen LogP contribution in [0.1, 0.15) is 47.2 Å². The molecule has 0 bridgehead atoms. The SMILES string of the molecule is CC1(C)c2ccccc2C2(c3ccccc3-n3c4ccccc4c4cccc2c43)c2ccc(-c3ccc4ccccc4c3)cc21. The Morgan fingerprint density at radius 3 is 1.93 bits per heavy atom. The van der Waals surface area contributed by atoms with E-state index in [1.54, 1.807) is 0 Å². The van der Waals surface area contributed by atoms with Crippen molar-refractivity contribution in [2.45, 2.75) is 24.7 Å². The van der Waals surface area contributed by atoms with E-state index in [2.05, 4.69) is 170 Å². The summed E-state index contributed by atoms with van der Waals surface area (Å²) < 4.78 is 2.52. The van der Waals surface area contributed by atoms with Crippen molar-refractivity contribution >= 4 is 32.6 Å². The molecule has 0 radical (unpaired) electrons. The van der Waals surface area contributed by atoms with Gasteiger partial charge in [0.05, 0.1) is 22.1 Å². The lowest BCUT2D eigenvalue weighted by molar-refractivity contribution is 0.556. The number of aromatic nitrogens is 1. The van der Waals surface area contributed by atoms with Gasteiger partial charge in [0.15, 0.2) is 0 Å². The van der Waals surface area contributed by atoms with E-state index in [-0.39, 0.29) is 5.41 Å². The van der Waals surface area contributed by atoms with Gasteiger partial charge in [-0.05, 0) is 79.5 Å². The summed E-state index contributed by atoms with van der Waals surface area (Å²) in [5, 5.41) is 5.16. The van der Waals surface area contributed by atoms with Crippen molar-refractivity contribution in [3.05, 3.63) is 185 Å². The summed E-state index contributed by atoms with van der Waals surface area (Å²) in [5.74, 6) is 0. The largest absolute Gasteiger partial charge is 0.309 e. The molecule has 0 amide bonds. The Bertz CT molecular complexity index is 2530. The highest BCUT2D eigenvalue weighted by molar-refractivity contribution is 6.12. The first kappa shape index (κ1) is 25.0.